The maximum absolute atomic E-state index is 12.6. The third-order valence-corrected chi connectivity index (χ3v) is 5.01. The molecule has 7 heteroatoms. The highest BCUT2D eigenvalue weighted by molar-refractivity contribution is 5.79. The van der Waals surface area contributed by atoms with Crippen molar-refractivity contribution >= 4 is 11.9 Å². The van der Waals surface area contributed by atoms with E-state index >= 15 is 0 Å². The molecule has 0 aromatic carbocycles. The van der Waals surface area contributed by atoms with Crippen molar-refractivity contribution in [1.82, 2.24) is 20.9 Å². The summed E-state index contributed by atoms with van der Waals surface area (Å²) in [5.74, 6) is -0.0189. The van der Waals surface area contributed by atoms with Crippen LogP contribution < -0.4 is 16.0 Å². The fraction of sp³-hybridized carbons (Fsp3) is 0.667. The van der Waals surface area contributed by atoms with Gasteiger partial charge in [0.15, 0.2) is 0 Å². The molecule has 1 aromatic rings. The van der Waals surface area contributed by atoms with Crippen LogP contribution in [-0.4, -0.2) is 48.8 Å². The van der Waals surface area contributed by atoms with Crippen molar-refractivity contribution in [2.24, 2.45) is 5.92 Å². The van der Waals surface area contributed by atoms with E-state index in [1.165, 1.54) is 5.56 Å². The summed E-state index contributed by atoms with van der Waals surface area (Å²) in [6, 6.07) is 3.63. The Morgan fingerprint density at radius 2 is 2.11 bits per heavy atom. The minimum absolute atomic E-state index is 0.0304. The Hall–Kier alpha value is -2.15. The van der Waals surface area contributed by atoms with Crippen LogP contribution in [0, 0.1) is 5.92 Å². The van der Waals surface area contributed by atoms with Crippen molar-refractivity contribution in [3.63, 3.8) is 0 Å². The average molecular weight is 391 g/mol. The number of nitrogens with zero attached hydrogens (tertiary/aromatic N) is 1. The quantitative estimate of drug-likeness (QED) is 0.535. The van der Waals surface area contributed by atoms with E-state index in [1.807, 2.05) is 25.3 Å². The molecule has 0 aliphatic heterocycles. The molecule has 3 atom stereocenters. The van der Waals surface area contributed by atoms with Crippen LogP contribution >= 0.6 is 0 Å². The van der Waals surface area contributed by atoms with Crippen molar-refractivity contribution in [2.45, 2.75) is 64.5 Å². The largest absolute Gasteiger partial charge is 0.376 e. The number of carbonyl (C=O) groups excluding carboxylic acids is 2. The molecule has 3 amide bonds. The molecular formula is C21H34N4O3. The molecule has 1 fully saturated rings. The minimum Gasteiger partial charge on any atom is -0.376 e. The number of rotatable bonds is 10. The Labute approximate surface area is 168 Å². The van der Waals surface area contributed by atoms with Gasteiger partial charge in [-0.15, -0.1) is 0 Å². The zero-order valence-electron chi connectivity index (χ0n) is 17.1. The first-order chi connectivity index (χ1) is 13.6. The number of pyridine rings is 1. The molecule has 2 rings (SSSR count). The Morgan fingerprint density at radius 1 is 1.25 bits per heavy atom. The lowest BCUT2D eigenvalue weighted by atomic mass is 9.83. The fourth-order valence-electron chi connectivity index (χ4n) is 3.58. The Kier molecular flexibility index (Phi) is 9.76. The molecule has 0 saturated heterocycles. The van der Waals surface area contributed by atoms with Gasteiger partial charge in [0.05, 0.1) is 12.1 Å². The highest BCUT2D eigenvalue weighted by atomic mass is 16.5. The van der Waals surface area contributed by atoms with Gasteiger partial charge in [-0.1, -0.05) is 13.0 Å². The average Bonchev–Trinajstić information content (AvgIpc) is 2.71. The Balaban J connectivity index is 1.79. The van der Waals surface area contributed by atoms with E-state index in [-0.39, 0.29) is 30.0 Å². The summed E-state index contributed by atoms with van der Waals surface area (Å²) in [7, 11) is 0. The second kappa shape index (κ2) is 12.3. The number of ether oxygens (including phenoxy) is 1. The van der Waals surface area contributed by atoms with Gasteiger partial charge >= 0.3 is 6.03 Å². The second-order valence-corrected chi connectivity index (χ2v) is 7.29. The maximum Gasteiger partial charge on any atom is 0.315 e. The van der Waals surface area contributed by atoms with Crippen LogP contribution in [-0.2, 0) is 16.0 Å². The van der Waals surface area contributed by atoms with Gasteiger partial charge in [-0.3, -0.25) is 9.78 Å². The monoisotopic (exact) mass is 390 g/mol. The predicted molar refractivity (Wildman–Crippen MR) is 109 cm³/mol. The van der Waals surface area contributed by atoms with Gasteiger partial charge in [-0.05, 0) is 57.1 Å². The lowest BCUT2D eigenvalue weighted by molar-refractivity contribution is -0.127. The van der Waals surface area contributed by atoms with E-state index in [4.69, 9.17) is 4.74 Å². The number of nitrogens with one attached hydrogen (secondary N) is 3. The second-order valence-electron chi connectivity index (χ2n) is 7.29. The van der Waals surface area contributed by atoms with Crippen molar-refractivity contribution in [1.29, 1.82) is 0 Å². The lowest BCUT2D eigenvalue weighted by Crippen LogP contribution is -2.53. The van der Waals surface area contributed by atoms with Crippen molar-refractivity contribution in [3.8, 4) is 0 Å². The highest BCUT2D eigenvalue weighted by Crippen LogP contribution is 2.27. The third-order valence-electron chi connectivity index (χ3n) is 5.01. The van der Waals surface area contributed by atoms with Gasteiger partial charge in [0, 0.05) is 38.0 Å². The number of aryl methyl sites for hydroxylation is 1. The number of urea groups is 1. The summed E-state index contributed by atoms with van der Waals surface area (Å²) in [5.41, 5.74) is 1.18. The topological polar surface area (TPSA) is 92.3 Å². The van der Waals surface area contributed by atoms with Crippen molar-refractivity contribution in [2.75, 3.05) is 19.7 Å². The lowest BCUT2D eigenvalue weighted by Gasteiger charge is -2.35. The molecule has 0 bridgehead atoms. The normalized spacial score (nSPS) is 21.7. The van der Waals surface area contributed by atoms with E-state index in [1.54, 1.807) is 6.20 Å². The number of hydrogen-bond donors (Lipinski definition) is 3. The molecule has 1 saturated carbocycles. The van der Waals surface area contributed by atoms with Crippen LogP contribution in [0.1, 0.15) is 51.5 Å². The zero-order chi connectivity index (χ0) is 20.2. The number of hydrogen-bond acceptors (Lipinski definition) is 4. The summed E-state index contributed by atoms with van der Waals surface area (Å²) in [6.45, 7) is 5.84. The van der Waals surface area contributed by atoms with E-state index in [9.17, 15) is 9.59 Å². The standard InChI is InChI=1S/C21H34N4O3/c1-3-13-28-19-10-9-17(14-18(19)25-21(27)23-4-2)20(26)24-12-6-8-16-7-5-11-22-15-16/h5,7,11,15,17-19H,3-4,6,8-10,12-14H2,1-2H3,(H,24,26)(H2,23,25,27)/t17-,18+,19+/m0/s1. The van der Waals surface area contributed by atoms with Gasteiger partial charge in [0.25, 0.3) is 0 Å². The molecule has 0 unspecified atom stereocenters. The molecule has 1 aliphatic carbocycles. The Morgan fingerprint density at radius 3 is 2.82 bits per heavy atom. The Bertz CT molecular complexity index is 597. The van der Waals surface area contributed by atoms with Crippen LogP contribution in [0.15, 0.2) is 24.5 Å². The van der Waals surface area contributed by atoms with Gasteiger partial charge in [0.1, 0.15) is 0 Å². The van der Waals surface area contributed by atoms with E-state index in [0.717, 1.165) is 32.1 Å². The fourth-order valence-corrected chi connectivity index (χ4v) is 3.58. The summed E-state index contributed by atoms with van der Waals surface area (Å²) in [5, 5.41) is 8.80. The molecule has 0 spiro atoms. The van der Waals surface area contributed by atoms with Gasteiger partial charge < -0.3 is 20.7 Å². The molecule has 1 aliphatic rings. The molecule has 156 valence electrons. The molecule has 28 heavy (non-hydrogen) atoms. The smallest absolute Gasteiger partial charge is 0.315 e. The van der Waals surface area contributed by atoms with Crippen molar-refractivity contribution in [3.05, 3.63) is 30.1 Å². The van der Waals surface area contributed by atoms with Gasteiger partial charge in [0.2, 0.25) is 5.91 Å². The zero-order valence-corrected chi connectivity index (χ0v) is 17.1. The molecule has 0 radical (unpaired) electrons. The van der Waals surface area contributed by atoms with Crippen LogP contribution in [0.2, 0.25) is 0 Å². The van der Waals surface area contributed by atoms with E-state index in [2.05, 4.69) is 27.9 Å². The molecular weight excluding hydrogens is 356 g/mol. The minimum atomic E-state index is -0.199. The summed E-state index contributed by atoms with van der Waals surface area (Å²) >= 11 is 0. The number of amides is 3. The molecule has 3 N–H and O–H groups in total. The SMILES string of the molecule is CCCO[C@@H]1CC[C@H](C(=O)NCCCc2cccnc2)C[C@H]1NC(=O)NCC. The van der Waals surface area contributed by atoms with Gasteiger partial charge in [-0.25, -0.2) is 4.79 Å². The maximum atomic E-state index is 12.6. The predicted octanol–water partition coefficient (Wildman–Crippen LogP) is 2.41. The third kappa shape index (κ3) is 7.46. The van der Waals surface area contributed by atoms with Crippen molar-refractivity contribution < 1.29 is 14.3 Å². The first-order valence-corrected chi connectivity index (χ1v) is 10.5. The van der Waals surface area contributed by atoms with Crippen LogP contribution in [0.4, 0.5) is 4.79 Å². The van der Waals surface area contributed by atoms with Crippen LogP contribution in [0.25, 0.3) is 0 Å². The first kappa shape index (κ1) is 22.1. The molecule has 7 nitrogen and oxygen atoms in total. The van der Waals surface area contributed by atoms with E-state index in [0.29, 0.717) is 26.1 Å². The number of aromatic nitrogens is 1. The highest BCUT2D eigenvalue weighted by Gasteiger charge is 2.35. The van der Waals surface area contributed by atoms with Crippen LogP contribution in [0.3, 0.4) is 0 Å². The first-order valence-electron chi connectivity index (χ1n) is 10.5. The summed E-state index contributed by atoms with van der Waals surface area (Å²) in [4.78, 5) is 28.7. The summed E-state index contributed by atoms with van der Waals surface area (Å²) < 4.78 is 5.92. The van der Waals surface area contributed by atoms with E-state index < -0.39 is 0 Å². The summed E-state index contributed by atoms with van der Waals surface area (Å²) in [6.07, 6.45) is 8.48. The van der Waals surface area contributed by atoms with Crippen LogP contribution in [0.5, 0.6) is 0 Å². The molecule has 1 heterocycles. The number of carbonyl (C=O) groups is 2. The molecule has 1 aromatic heterocycles. The van der Waals surface area contributed by atoms with Gasteiger partial charge in [-0.2, -0.15) is 0 Å².